The number of carbonyl (C=O) groups is 2. The molecular formula is C23H28N4O4S2. The van der Waals surface area contributed by atoms with E-state index in [1.54, 1.807) is 31.9 Å². The summed E-state index contributed by atoms with van der Waals surface area (Å²) in [5.41, 5.74) is 0.857. The number of pyridine rings is 1. The number of thioether (sulfide) groups is 1. The standard InChI is InChI=1S/C23H28N4O4S2/c1-5-9-27-21(29)18(33-23(27)32)12-16-14(3)17(13-24)20(28)25(4)19(16)26-10-7-15(8-11-26)22(30)31-6-2/h12,15H,5-11H2,1-4H3. The first-order valence-corrected chi connectivity index (χ1v) is 12.3. The predicted octanol–water partition coefficient (Wildman–Crippen LogP) is 2.96. The van der Waals surface area contributed by atoms with Crippen LogP contribution in [0.2, 0.25) is 0 Å². The fraction of sp³-hybridized carbons (Fsp3) is 0.522. The molecular weight excluding hydrogens is 460 g/mol. The van der Waals surface area contributed by atoms with Gasteiger partial charge >= 0.3 is 5.97 Å². The second kappa shape index (κ2) is 10.5. The van der Waals surface area contributed by atoms with Gasteiger partial charge in [-0.1, -0.05) is 30.9 Å². The number of hydrogen-bond acceptors (Lipinski definition) is 8. The summed E-state index contributed by atoms with van der Waals surface area (Å²) in [6.07, 6.45) is 3.74. The van der Waals surface area contributed by atoms with E-state index in [1.165, 1.54) is 16.3 Å². The third-order valence-corrected chi connectivity index (χ3v) is 7.36. The molecule has 2 saturated heterocycles. The highest BCUT2D eigenvalue weighted by Crippen LogP contribution is 2.36. The number of ether oxygens (including phenoxy) is 1. The molecule has 1 amide bonds. The molecule has 3 rings (SSSR count). The van der Waals surface area contributed by atoms with Gasteiger partial charge in [0.2, 0.25) is 0 Å². The molecule has 0 aliphatic carbocycles. The van der Waals surface area contributed by atoms with Crippen molar-refractivity contribution in [1.29, 1.82) is 5.26 Å². The Morgan fingerprint density at radius 2 is 1.97 bits per heavy atom. The van der Waals surface area contributed by atoms with Crippen LogP contribution in [0.3, 0.4) is 0 Å². The SMILES string of the molecule is CCCN1C(=O)C(=Cc2c(C)c(C#N)c(=O)n(C)c2N2CCC(C(=O)OCC)CC2)SC1=S. The molecule has 2 fully saturated rings. The van der Waals surface area contributed by atoms with Crippen molar-refractivity contribution in [3.8, 4) is 6.07 Å². The van der Waals surface area contributed by atoms with Crippen LogP contribution in [0, 0.1) is 24.2 Å². The fourth-order valence-electron chi connectivity index (χ4n) is 4.23. The summed E-state index contributed by atoms with van der Waals surface area (Å²) in [7, 11) is 1.63. The first-order valence-electron chi connectivity index (χ1n) is 11.1. The van der Waals surface area contributed by atoms with Crippen molar-refractivity contribution < 1.29 is 14.3 Å². The molecule has 0 unspecified atom stereocenters. The lowest BCUT2D eigenvalue weighted by atomic mass is 9.95. The zero-order valence-electron chi connectivity index (χ0n) is 19.3. The second-order valence-electron chi connectivity index (χ2n) is 8.06. The number of thiocarbonyl (C=S) groups is 1. The zero-order valence-corrected chi connectivity index (χ0v) is 21.0. The van der Waals surface area contributed by atoms with Crippen molar-refractivity contribution in [3.63, 3.8) is 0 Å². The maximum Gasteiger partial charge on any atom is 0.309 e. The Labute approximate surface area is 203 Å². The third kappa shape index (κ3) is 4.84. The smallest absolute Gasteiger partial charge is 0.309 e. The highest BCUT2D eigenvalue weighted by Gasteiger charge is 2.33. The van der Waals surface area contributed by atoms with Crippen LogP contribution in [-0.2, 0) is 21.4 Å². The zero-order chi connectivity index (χ0) is 24.3. The monoisotopic (exact) mass is 488 g/mol. The lowest BCUT2D eigenvalue weighted by Crippen LogP contribution is -2.40. The largest absolute Gasteiger partial charge is 0.466 e. The van der Waals surface area contributed by atoms with Gasteiger partial charge in [-0.05, 0) is 44.7 Å². The minimum atomic E-state index is -0.381. The van der Waals surface area contributed by atoms with Gasteiger partial charge < -0.3 is 9.64 Å². The van der Waals surface area contributed by atoms with E-state index in [4.69, 9.17) is 17.0 Å². The number of carbonyl (C=O) groups excluding carboxylic acids is 2. The molecule has 176 valence electrons. The van der Waals surface area contributed by atoms with E-state index in [2.05, 4.69) is 0 Å². The van der Waals surface area contributed by atoms with Crippen LogP contribution < -0.4 is 10.5 Å². The topological polar surface area (TPSA) is 95.6 Å². The lowest BCUT2D eigenvalue weighted by Gasteiger charge is -2.35. The average Bonchev–Trinajstić information content (AvgIpc) is 3.06. The van der Waals surface area contributed by atoms with Crippen LogP contribution in [-0.4, -0.2) is 51.9 Å². The van der Waals surface area contributed by atoms with Crippen LogP contribution in [0.15, 0.2) is 9.70 Å². The summed E-state index contributed by atoms with van der Waals surface area (Å²) < 4.78 is 7.14. The number of anilines is 1. The van der Waals surface area contributed by atoms with Crippen molar-refractivity contribution in [1.82, 2.24) is 9.47 Å². The third-order valence-electron chi connectivity index (χ3n) is 5.98. The quantitative estimate of drug-likeness (QED) is 0.343. The van der Waals surface area contributed by atoms with Gasteiger partial charge in [-0.15, -0.1) is 0 Å². The molecule has 0 atom stereocenters. The maximum atomic E-state index is 12.9. The average molecular weight is 489 g/mol. The number of aromatic nitrogens is 1. The van der Waals surface area contributed by atoms with Gasteiger partial charge in [0, 0.05) is 32.2 Å². The summed E-state index contributed by atoms with van der Waals surface area (Å²) in [5, 5.41) is 9.61. The van der Waals surface area contributed by atoms with E-state index in [0.717, 1.165) is 6.42 Å². The number of hydrogen-bond donors (Lipinski definition) is 0. The first-order chi connectivity index (χ1) is 15.7. The Kier molecular flexibility index (Phi) is 7.97. The molecule has 0 radical (unpaired) electrons. The van der Waals surface area contributed by atoms with E-state index in [0.29, 0.717) is 65.3 Å². The Balaban J connectivity index is 2.05. The van der Waals surface area contributed by atoms with Gasteiger partial charge in [0.25, 0.3) is 11.5 Å². The van der Waals surface area contributed by atoms with Crippen LogP contribution in [0.5, 0.6) is 0 Å². The number of rotatable bonds is 6. The van der Waals surface area contributed by atoms with Crippen molar-refractivity contribution in [2.45, 2.75) is 40.0 Å². The minimum absolute atomic E-state index is 0.0537. The first kappa shape index (κ1) is 25.0. The molecule has 1 aromatic rings. The highest BCUT2D eigenvalue weighted by atomic mass is 32.2. The van der Waals surface area contributed by atoms with E-state index in [1.807, 2.05) is 17.9 Å². The Hall–Kier alpha value is -2.64. The molecule has 2 aliphatic rings. The summed E-state index contributed by atoms with van der Waals surface area (Å²) >= 11 is 6.62. The Bertz CT molecular complexity index is 1110. The van der Waals surface area contributed by atoms with Crippen LogP contribution >= 0.6 is 24.0 Å². The molecule has 10 heteroatoms. The Morgan fingerprint density at radius 3 is 2.55 bits per heavy atom. The molecule has 1 aromatic heterocycles. The molecule has 0 N–H and O–H groups in total. The molecule has 3 heterocycles. The van der Waals surface area contributed by atoms with Gasteiger partial charge in [-0.25, -0.2) is 0 Å². The molecule has 0 spiro atoms. The molecule has 33 heavy (non-hydrogen) atoms. The summed E-state index contributed by atoms with van der Waals surface area (Å²) in [4.78, 5) is 42.1. The minimum Gasteiger partial charge on any atom is -0.466 e. The fourth-order valence-corrected chi connectivity index (χ4v) is 5.52. The number of esters is 1. The Morgan fingerprint density at radius 1 is 1.30 bits per heavy atom. The normalized spacial score (nSPS) is 18.2. The molecule has 0 aromatic carbocycles. The van der Waals surface area contributed by atoms with Gasteiger partial charge in [0.15, 0.2) is 0 Å². The van der Waals surface area contributed by atoms with Crippen molar-refractivity contribution in [3.05, 3.63) is 31.9 Å². The van der Waals surface area contributed by atoms with Crippen molar-refractivity contribution in [2.24, 2.45) is 13.0 Å². The molecule has 8 nitrogen and oxygen atoms in total. The predicted molar refractivity (Wildman–Crippen MR) is 133 cm³/mol. The van der Waals surface area contributed by atoms with Gasteiger partial charge in [0.05, 0.1) is 17.4 Å². The van der Waals surface area contributed by atoms with Crippen LogP contribution in [0.1, 0.15) is 49.8 Å². The van der Waals surface area contributed by atoms with E-state index in [-0.39, 0.29) is 28.9 Å². The van der Waals surface area contributed by atoms with Gasteiger partial charge in [0.1, 0.15) is 21.8 Å². The van der Waals surface area contributed by atoms with Crippen LogP contribution in [0.25, 0.3) is 6.08 Å². The second-order valence-corrected chi connectivity index (χ2v) is 9.74. The van der Waals surface area contributed by atoms with Crippen LogP contribution in [0.4, 0.5) is 5.82 Å². The molecule has 2 aliphatic heterocycles. The number of amides is 1. The highest BCUT2D eigenvalue weighted by molar-refractivity contribution is 8.26. The van der Waals surface area contributed by atoms with Gasteiger partial charge in [-0.3, -0.25) is 23.9 Å². The molecule has 0 saturated carbocycles. The number of nitriles is 1. The summed E-state index contributed by atoms with van der Waals surface area (Å²) in [6, 6.07) is 2.01. The summed E-state index contributed by atoms with van der Waals surface area (Å²) in [5.74, 6) is 0.110. The molecule has 0 bridgehead atoms. The summed E-state index contributed by atoms with van der Waals surface area (Å²) in [6.45, 7) is 7.51. The van der Waals surface area contributed by atoms with Crippen molar-refractivity contribution in [2.75, 3.05) is 31.1 Å². The number of nitrogens with zero attached hydrogens (tertiary/aromatic N) is 4. The van der Waals surface area contributed by atoms with Crippen molar-refractivity contribution >= 4 is 52.1 Å². The van der Waals surface area contributed by atoms with E-state index < -0.39 is 0 Å². The maximum absolute atomic E-state index is 12.9. The van der Waals surface area contributed by atoms with Gasteiger partial charge in [-0.2, -0.15) is 5.26 Å². The van der Waals surface area contributed by atoms with E-state index >= 15 is 0 Å². The lowest BCUT2D eigenvalue weighted by molar-refractivity contribution is -0.148. The number of piperidine rings is 1. The van der Waals surface area contributed by atoms with E-state index in [9.17, 15) is 19.6 Å².